The van der Waals surface area contributed by atoms with Gasteiger partial charge in [-0.25, -0.2) is 14.8 Å². The smallest absolute Gasteiger partial charge is 0.417 e. The average molecular weight is 551 g/mol. The number of aromatic carboxylic acids is 1. The molecule has 0 saturated carbocycles. The Kier molecular flexibility index (Phi) is 10.1. The van der Waals surface area contributed by atoms with Gasteiger partial charge in [-0.15, -0.1) is 0 Å². The molecule has 11 heteroatoms. The fourth-order valence-corrected chi connectivity index (χ4v) is 4.87. The number of rotatable bonds is 8. The number of aryl methyl sites for hydroxylation is 1. The average Bonchev–Trinajstić information content (AvgIpc) is 3.31. The predicted octanol–water partition coefficient (Wildman–Crippen LogP) is 7.12. The number of nitrogens with one attached hydrogen (secondary N) is 1. The van der Waals surface area contributed by atoms with E-state index in [1.54, 1.807) is 0 Å². The van der Waals surface area contributed by atoms with Crippen LogP contribution in [0.2, 0.25) is 0 Å². The topological polar surface area (TPSA) is 87.6 Å². The molecule has 0 aliphatic carbocycles. The van der Waals surface area contributed by atoms with E-state index in [-0.39, 0.29) is 5.82 Å². The van der Waals surface area contributed by atoms with Crippen molar-refractivity contribution in [2.75, 3.05) is 36.5 Å². The van der Waals surface area contributed by atoms with Crippen LogP contribution in [-0.4, -0.2) is 47.3 Å². The van der Waals surface area contributed by atoms with E-state index in [2.05, 4.69) is 46.2 Å². The van der Waals surface area contributed by atoms with Gasteiger partial charge < -0.3 is 20.1 Å². The Bertz CT molecular complexity index is 1210. The Balaban J connectivity index is 0.00000195. The number of anilines is 3. The largest absolute Gasteiger partial charge is 0.478 e. The van der Waals surface area contributed by atoms with E-state index in [1.165, 1.54) is 11.3 Å². The fraction of sp³-hybridized carbons (Fsp3) is 0.444. The van der Waals surface area contributed by atoms with Crippen molar-refractivity contribution in [2.24, 2.45) is 5.92 Å². The van der Waals surface area contributed by atoms with Gasteiger partial charge in [0.05, 0.1) is 29.3 Å². The van der Waals surface area contributed by atoms with Gasteiger partial charge in [0.15, 0.2) is 5.13 Å². The zero-order valence-electron chi connectivity index (χ0n) is 21.9. The van der Waals surface area contributed by atoms with E-state index in [1.807, 2.05) is 26.0 Å². The van der Waals surface area contributed by atoms with Gasteiger partial charge in [0.1, 0.15) is 11.4 Å². The Morgan fingerprint density at radius 2 is 1.84 bits per heavy atom. The summed E-state index contributed by atoms with van der Waals surface area (Å²) in [5, 5.41) is 12.7. The van der Waals surface area contributed by atoms with E-state index in [0.29, 0.717) is 42.9 Å². The molecule has 0 radical (unpaired) electrons. The van der Waals surface area contributed by atoms with Crippen LogP contribution in [-0.2, 0) is 17.3 Å². The number of carboxylic acids is 1. The van der Waals surface area contributed by atoms with Crippen molar-refractivity contribution in [2.45, 2.75) is 46.7 Å². The standard InChI is InChI=1S/C25H27F3N4O3S.C2H6/c1-15(2)3-8-20-21(16-4-6-18(7-5-16)32-9-11-35-12-10-32)36-24(30-20)31-22-19(23(33)34)13-17(14-29-22)25(26,27)28;1-2/h4-7,13-15H,3,8-12H2,1-2H3,(H,33,34)(H,29,30,31);1-2H3. The van der Waals surface area contributed by atoms with Crippen molar-refractivity contribution >= 4 is 33.9 Å². The van der Waals surface area contributed by atoms with Crippen LogP contribution in [0.1, 0.15) is 55.7 Å². The molecule has 7 nitrogen and oxygen atoms in total. The lowest BCUT2D eigenvalue weighted by atomic mass is 10.0. The Labute approximate surface area is 224 Å². The highest BCUT2D eigenvalue weighted by atomic mass is 32.1. The van der Waals surface area contributed by atoms with Gasteiger partial charge in [0.2, 0.25) is 0 Å². The third kappa shape index (κ3) is 7.44. The lowest BCUT2D eigenvalue weighted by Crippen LogP contribution is -2.36. The second-order valence-electron chi connectivity index (χ2n) is 8.92. The Morgan fingerprint density at radius 3 is 2.42 bits per heavy atom. The summed E-state index contributed by atoms with van der Waals surface area (Å²) in [7, 11) is 0. The second kappa shape index (κ2) is 13.1. The third-order valence-corrected chi connectivity index (χ3v) is 6.89. The summed E-state index contributed by atoms with van der Waals surface area (Å²) in [4.78, 5) is 23.2. The zero-order valence-corrected chi connectivity index (χ0v) is 22.7. The lowest BCUT2D eigenvalue weighted by molar-refractivity contribution is -0.137. The quantitative estimate of drug-likeness (QED) is 0.309. The van der Waals surface area contributed by atoms with Crippen LogP contribution in [0.25, 0.3) is 10.4 Å². The van der Waals surface area contributed by atoms with Crippen LogP contribution in [0.4, 0.5) is 29.8 Å². The summed E-state index contributed by atoms with van der Waals surface area (Å²) in [5.41, 5.74) is 1.23. The van der Waals surface area contributed by atoms with E-state index in [4.69, 9.17) is 4.74 Å². The Hall–Kier alpha value is -3.18. The molecule has 0 atom stereocenters. The summed E-state index contributed by atoms with van der Waals surface area (Å²) in [5.74, 6) is -1.24. The number of carbonyl (C=O) groups is 1. The molecule has 2 N–H and O–H groups in total. The predicted molar refractivity (Wildman–Crippen MR) is 145 cm³/mol. The van der Waals surface area contributed by atoms with Gasteiger partial charge in [-0.1, -0.05) is 51.2 Å². The van der Waals surface area contributed by atoms with Crippen molar-refractivity contribution in [3.8, 4) is 10.4 Å². The van der Waals surface area contributed by atoms with Gasteiger partial charge in [0.25, 0.3) is 0 Å². The number of hydrogen-bond acceptors (Lipinski definition) is 7. The second-order valence-corrected chi connectivity index (χ2v) is 9.92. The summed E-state index contributed by atoms with van der Waals surface area (Å²) >= 11 is 1.32. The van der Waals surface area contributed by atoms with Crippen molar-refractivity contribution in [1.29, 1.82) is 0 Å². The first-order chi connectivity index (χ1) is 18.1. The summed E-state index contributed by atoms with van der Waals surface area (Å²) in [6.45, 7) is 11.3. The van der Waals surface area contributed by atoms with Gasteiger partial charge in [-0.2, -0.15) is 13.2 Å². The van der Waals surface area contributed by atoms with Crippen molar-refractivity contribution in [3.05, 3.63) is 53.3 Å². The number of hydrogen-bond donors (Lipinski definition) is 2. The molecule has 1 aliphatic rings. The molecule has 3 aromatic rings. The van der Waals surface area contributed by atoms with Crippen molar-refractivity contribution < 1.29 is 27.8 Å². The number of morpholine rings is 1. The van der Waals surface area contributed by atoms with E-state index < -0.39 is 23.3 Å². The molecule has 0 spiro atoms. The number of alkyl halides is 3. The number of halogens is 3. The number of thiazole rings is 1. The van der Waals surface area contributed by atoms with E-state index in [9.17, 15) is 23.1 Å². The molecule has 1 fully saturated rings. The lowest BCUT2D eigenvalue weighted by Gasteiger charge is -2.28. The van der Waals surface area contributed by atoms with Gasteiger partial charge in [-0.05, 0) is 42.5 Å². The number of benzene rings is 1. The maximum absolute atomic E-state index is 13.1. The van der Waals surface area contributed by atoms with Crippen LogP contribution >= 0.6 is 11.3 Å². The Morgan fingerprint density at radius 1 is 1.18 bits per heavy atom. The first-order valence-corrected chi connectivity index (χ1v) is 13.4. The van der Waals surface area contributed by atoms with E-state index >= 15 is 0 Å². The van der Waals surface area contributed by atoms with Crippen LogP contribution in [0.3, 0.4) is 0 Å². The minimum Gasteiger partial charge on any atom is -0.478 e. The highest BCUT2D eigenvalue weighted by molar-refractivity contribution is 7.19. The summed E-state index contributed by atoms with van der Waals surface area (Å²) in [6, 6.07) is 8.75. The normalized spacial score (nSPS) is 13.7. The molecule has 38 heavy (non-hydrogen) atoms. The van der Waals surface area contributed by atoms with Crippen LogP contribution < -0.4 is 10.2 Å². The molecule has 0 bridgehead atoms. The minimum absolute atomic E-state index is 0.186. The van der Waals surface area contributed by atoms with Gasteiger partial charge in [0, 0.05) is 25.0 Å². The maximum atomic E-state index is 13.1. The number of ether oxygens (including phenoxy) is 1. The monoisotopic (exact) mass is 550 g/mol. The van der Waals surface area contributed by atoms with Crippen LogP contribution in [0, 0.1) is 5.92 Å². The minimum atomic E-state index is -4.69. The SMILES string of the molecule is CC.CC(C)CCc1nc(Nc2ncc(C(F)(F)F)cc2C(=O)O)sc1-c1ccc(N2CCOCC2)cc1. The molecule has 206 valence electrons. The number of nitrogens with zero attached hydrogens (tertiary/aromatic N) is 3. The van der Waals surface area contributed by atoms with Crippen LogP contribution in [0.15, 0.2) is 36.5 Å². The van der Waals surface area contributed by atoms with Crippen molar-refractivity contribution in [3.63, 3.8) is 0 Å². The van der Waals surface area contributed by atoms with Gasteiger partial charge >= 0.3 is 12.1 Å². The van der Waals surface area contributed by atoms with Crippen molar-refractivity contribution in [1.82, 2.24) is 9.97 Å². The molecule has 3 heterocycles. The molecule has 1 aromatic carbocycles. The summed E-state index contributed by atoms with van der Waals surface area (Å²) in [6.07, 6.45) is -2.46. The summed E-state index contributed by atoms with van der Waals surface area (Å²) < 4.78 is 44.6. The fourth-order valence-electron chi connectivity index (χ4n) is 3.85. The van der Waals surface area contributed by atoms with Gasteiger partial charge in [-0.3, -0.25) is 0 Å². The highest BCUT2D eigenvalue weighted by Crippen LogP contribution is 2.37. The first kappa shape index (κ1) is 29.4. The maximum Gasteiger partial charge on any atom is 0.417 e. The third-order valence-electron chi connectivity index (χ3n) is 5.83. The number of aromatic nitrogens is 2. The molecule has 2 aromatic heterocycles. The molecular weight excluding hydrogens is 517 g/mol. The zero-order chi connectivity index (χ0) is 27.9. The molecule has 4 rings (SSSR count). The number of pyridine rings is 1. The molecule has 0 unspecified atom stereocenters. The molecule has 0 amide bonds. The molecular formula is C27H33F3N4O3S. The number of carboxylic acid groups (broad SMARTS) is 1. The first-order valence-electron chi connectivity index (χ1n) is 12.6. The van der Waals surface area contributed by atoms with E-state index in [0.717, 1.165) is 41.3 Å². The molecule has 1 saturated heterocycles. The molecule has 1 aliphatic heterocycles. The van der Waals surface area contributed by atoms with Crippen LogP contribution in [0.5, 0.6) is 0 Å². The highest BCUT2D eigenvalue weighted by Gasteiger charge is 2.32.